The molecule has 1 aliphatic heterocycles. The van der Waals surface area contributed by atoms with Crippen LogP contribution in [0.25, 0.3) is 0 Å². The molecule has 0 aliphatic carbocycles. The summed E-state index contributed by atoms with van der Waals surface area (Å²) in [4.78, 5) is 23.3. The SMILES string of the molecule is C[C@@H]1OC(=O)[C@@H](NC=O)CCC[C@H](OCc2ccccc2)[C@H]1OCc1ccccc1. The Morgan fingerprint density at radius 2 is 1.57 bits per heavy atom. The Morgan fingerprint density at radius 1 is 0.967 bits per heavy atom. The van der Waals surface area contributed by atoms with Crippen molar-refractivity contribution in [2.45, 2.75) is 63.8 Å². The van der Waals surface area contributed by atoms with Crippen molar-refractivity contribution in [1.29, 1.82) is 0 Å². The predicted octanol–water partition coefficient (Wildman–Crippen LogP) is 3.39. The van der Waals surface area contributed by atoms with Gasteiger partial charge in [-0.05, 0) is 37.3 Å². The molecule has 0 spiro atoms. The van der Waals surface area contributed by atoms with Crippen LogP contribution in [0.5, 0.6) is 0 Å². The summed E-state index contributed by atoms with van der Waals surface area (Å²) in [5.74, 6) is -0.438. The second-order valence-corrected chi connectivity index (χ2v) is 7.51. The summed E-state index contributed by atoms with van der Waals surface area (Å²) in [6.07, 6.45) is 1.26. The molecule has 4 atom stereocenters. The van der Waals surface area contributed by atoms with E-state index in [0.717, 1.165) is 11.1 Å². The number of esters is 1. The second-order valence-electron chi connectivity index (χ2n) is 7.51. The molecule has 1 aliphatic rings. The average Bonchev–Trinajstić information content (AvgIpc) is 2.82. The second kappa shape index (κ2) is 11.5. The Labute approximate surface area is 177 Å². The summed E-state index contributed by atoms with van der Waals surface area (Å²) >= 11 is 0. The van der Waals surface area contributed by atoms with E-state index in [0.29, 0.717) is 38.9 Å². The van der Waals surface area contributed by atoms with Gasteiger partial charge >= 0.3 is 5.97 Å². The third-order valence-corrected chi connectivity index (χ3v) is 5.26. The van der Waals surface area contributed by atoms with Crippen molar-refractivity contribution in [1.82, 2.24) is 5.32 Å². The Morgan fingerprint density at radius 3 is 2.17 bits per heavy atom. The minimum absolute atomic E-state index is 0.244. The number of rotatable bonds is 8. The highest BCUT2D eigenvalue weighted by Crippen LogP contribution is 2.23. The van der Waals surface area contributed by atoms with Crippen molar-refractivity contribution in [2.75, 3.05) is 0 Å². The van der Waals surface area contributed by atoms with E-state index in [1.54, 1.807) is 0 Å². The van der Waals surface area contributed by atoms with E-state index in [1.807, 2.05) is 67.6 Å². The smallest absolute Gasteiger partial charge is 0.328 e. The molecular weight excluding hydrogens is 382 g/mol. The summed E-state index contributed by atoms with van der Waals surface area (Å²) < 4.78 is 18.1. The molecule has 1 amide bonds. The van der Waals surface area contributed by atoms with Crippen molar-refractivity contribution >= 4 is 12.4 Å². The van der Waals surface area contributed by atoms with E-state index in [1.165, 1.54) is 0 Å². The van der Waals surface area contributed by atoms with E-state index in [4.69, 9.17) is 14.2 Å². The molecule has 0 bridgehead atoms. The van der Waals surface area contributed by atoms with Crippen LogP contribution in [0.3, 0.4) is 0 Å². The lowest BCUT2D eigenvalue weighted by atomic mass is 10.0. The molecule has 2 aromatic carbocycles. The lowest BCUT2D eigenvalue weighted by Gasteiger charge is -2.31. The van der Waals surface area contributed by atoms with Crippen LogP contribution in [0.4, 0.5) is 0 Å². The van der Waals surface area contributed by atoms with Crippen molar-refractivity contribution in [3.63, 3.8) is 0 Å². The summed E-state index contributed by atoms with van der Waals surface area (Å²) in [6, 6.07) is 19.2. The molecule has 0 radical (unpaired) electrons. The summed E-state index contributed by atoms with van der Waals surface area (Å²) in [6.45, 7) is 2.66. The van der Waals surface area contributed by atoms with Crippen LogP contribution in [0, 0.1) is 0 Å². The van der Waals surface area contributed by atoms with Gasteiger partial charge in [0.25, 0.3) is 0 Å². The number of amides is 1. The molecule has 1 saturated heterocycles. The van der Waals surface area contributed by atoms with Gasteiger partial charge in [-0.1, -0.05) is 60.7 Å². The number of hydrogen-bond acceptors (Lipinski definition) is 5. The fourth-order valence-electron chi connectivity index (χ4n) is 3.64. The average molecular weight is 411 g/mol. The number of carbonyl (C=O) groups excluding carboxylic acids is 2. The Hall–Kier alpha value is -2.70. The van der Waals surface area contributed by atoms with Gasteiger partial charge in [0.2, 0.25) is 6.41 Å². The highest BCUT2D eigenvalue weighted by atomic mass is 16.6. The first-order valence-electron chi connectivity index (χ1n) is 10.4. The Balaban J connectivity index is 1.74. The number of ether oxygens (including phenoxy) is 3. The maximum atomic E-state index is 12.5. The zero-order valence-corrected chi connectivity index (χ0v) is 17.2. The molecule has 0 aromatic heterocycles. The minimum atomic E-state index is -0.646. The van der Waals surface area contributed by atoms with E-state index < -0.39 is 24.2 Å². The molecule has 2 aromatic rings. The first-order valence-corrected chi connectivity index (χ1v) is 10.4. The van der Waals surface area contributed by atoms with Crippen molar-refractivity contribution in [2.24, 2.45) is 0 Å². The molecule has 1 fully saturated rings. The zero-order valence-electron chi connectivity index (χ0n) is 17.2. The highest BCUT2D eigenvalue weighted by molar-refractivity contribution is 5.78. The summed E-state index contributed by atoms with van der Waals surface area (Å²) in [5, 5.41) is 2.56. The molecule has 1 heterocycles. The molecule has 1 N–H and O–H groups in total. The summed E-state index contributed by atoms with van der Waals surface area (Å²) in [5.41, 5.74) is 2.11. The van der Waals surface area contributed by atoms with E-state index in [-0.39, 0.29) is 6.10 Å². The van der Waals surface area contributed by atoms with Crippen LogP contribution in [0.15, 0.2) is 60.7 Å². The van der Waals surface area contributed by atoms with Gasteiger partial charge in [-0.15, -0.1) is 0 Å². The van der Waals surface area contributed by atoms with E-state index >= 15 is 0 Å². The molecular formula is C24H29NO5. The third kappa shape index (κ3) is 6.40. The van der Waals surface area contributed by atoms with Crippen LogP contribution >= 0.6 is 0 Å². The highest BCUT2D eigenvalue weighted by Gasteiger charge is 2.35. The number of nitrogens with one attached hydrogen (secondary N) is 1. The van der Waals surface area contributed by atoms with Gasteiger partial charge < -0.3 is 19.5 Å². The quantitative estimate of drug-likeness (QED) is 0.532. The van der Waals surface area contributed by atoms with Crippen LogP contribution < -0.4 is 5.32 Å². The van der Waals surface area contributed by atoms with Gasteiger partial charge in [-0.25, -0.2) is 4.79 Å². The molecule has 6 nitrogen and oxygen atoms in total. The Kier molecular flexibility index (Phi) is 8.41. The predicted molar refractivity (Wildman–Crippen MR) is 112 cm³/mol. The zero-order chi connectivity index (χ0) is 21.2. The monoisotopic (exact) mass is 411 g/mol. The van der Waals surface area contributed by atoms with Gasteiger partial charge in [0.05, 0.1) is 19.3 Å². The Bertz CT molecular complexity index is 783. The first kappa shape index (κ1) is 22.0. The van der Waals surface area contributed by atoms with E-state index in [2.05, 4.69) is 5.32 Å². The number of hydrogen-bond donors (Lipinski definition) is 1. The van der Waals surface area contributed by atoms with Gasteiger partial charge in [0.1, 0.15) is 18.2 Å². The standard InChI is InChI=1S/C24H29NO5/c1-18-23(29-16-20-11-6-3-7-12-20)22(28-15-19-9-4-2-5-10-19)14-8-13-21(25-17-26)24(27)30-18/h2-7,9-12,17-18,21-23H,8,13-16H2,1H3,(H,25,26)/t18-,21-,22-,23-/m0/s1. The molecule has 30 heavy (non-hydrogen) atoms. The lowest BCUT2D eigenvalue weighted by molar-refractivity contribution is -0.170. The van der Waals surface area contributed by atoms with Crippen molar-refractivity contribution in [3.8, 4) is 0 Å². The van der Waals surface area contributed by atoms with Gasteiger partial charge in [-0.3, -0.25) is 4.79 Å². The third-order valence-electron chi connectivity index (χ3n) is 5.26. The largest absolute Gasteiger partial charge is 0.458 e. The van der Waals surface area contributed by atoms with Crippen LogP contribution in [-0.2, 0) is 37.0 Å². The first-order chi connectivity index (χ1) is 14.7. The number of carbonyl (C=O) groups is 2. The van der Waals surface area contributed by atoms with Crippen LogP contribution in [0.1, 0.15) is 37.3 Å². The van der Waals surface area contributed by atoms with Gasteiger partial charge in [-0.2, -0.15) is 0 Å². The lowest BCUT2D eigenvalue weighted by Crippen LogP contribution is -2.44. The fourth-order valence-corrected chi connectivity index (χ4v) is 3.64. The molecule has 6 heteroatoms. The maximum Gasteiger partial charge on any atom is 0.328 e. The van der Waals surface area contributed by atoms with Crippen molar-refractivity contribution in [3.05, 3.63) is 71.8 Å². The molecule has 160 valence electrons. The van der Waals surface area contributed by atoms with Crippen molar-refractivity contribution < 1.29 is 23.8 Å². The normalized spacial score (nSPS) is 24.8. The topological polar surface area (TPSA) is 73.9 Å². The van der Waals surface area contributed by atoms with E-state index in [9.17, 15) is 9.59 Å². The molecule has 3 rings (SSSR count). The summed E-state index contributed by atoms with van der Waals surface area (Å²) in [7, 11) is 0. The minimum Gasteiger partial charge on any atom is -0.458 e. The van der Waals surface area contributed by atoms with Gasteiger partial charge in [0, 0.05) is 0 Å². The van der Waals surface area contributed by atoms with Crippen LogP contribution in [0.2, 0.25) is 0 Å². The number of benzene rings is 2. The van der Waals surface area contributed by atoms with Crippen LogP contribution in [-0.4, -0.2) is 36.7 Å². The molecule has 0 unspecified atom stereocenters. The van der Waals surface area contributed by atoms with Gasteiger partial charge in [0.15, 0.2) is 0 Å². The fraction of sp³-hybridized carbons (Fsp3) is 0.417. The molecule has 0 saturated carbocycles. The maximum absolute atomic E-state index is 12.5. The number of cyclic esters (lactones) is 1.